The van der Waals surface area contributed by atoms with Gasteiger partial charge in [0.2, 0.25) is 5.91 Å². The van der Waals surface area contributed by atoms with Crippen LogP contribution in [-0.2, 0) is 22.4 Å². The number of fused-ring (bicyclic) bond motifs is 3. The SMILES string of the molecule is O=C(C1CCc2[nH]c3ccccc3c2C1)N1CCOCC1. The number of H-pyrrole nitrogens is 1. The number of carbonyl (C=O) groups is 1. The van der Waals surface area contributed by atoms with E-state index in [4.69, 9.17) is 4.74 Å². The van der Waals surface area contributed by atoms with Gasteiger partial charge in [-0.05, 0) is 30.9 Å². The average Bonchev–Trinajstić information content (AvgIpc) is 2.93. The van der Waals surface area contributed by atoms with E-state index in [1.807, 2.05) is 4.90 Å². The van der Waals surface area contributed by atoms with Crippen molar-refractivity contribution in [1.29, 1.82) is 0 Å². The molecule has 1 saturated heterocycles. The van der Waals surface area contributed by atoms with E-state index < -0.39 is 0 Å². The van der Waals surface area contributed by atoms with Crippen molar-refractivity contribution in [3.05, 3.63) is 35.5 Å². The van der Waals surface area contributed by atoms with Crippen LogP contribution in [0, 0.1) is 5.92 Å². The number of nitrogens with zero attached hydrogens (tertiary/aromatic N) is 1. The molecule has 4 heteroatoms. The van der Waals surface area contributed by atoms with Gasteiger partial charge in [-0.15, -0.1) is 0 Å². The van der Waals surface area contributed by atoms with Crippen LogP contribution in [0.5, 0.6) is 0 Å². The number of aromatic amines is 1. The lowest BCUT2D eigenvalue weighted by atomic mass is 9.85. The van der Waals surface area contributed by atoms with Crippen molar-refractivity contribution in [1.82, 2.24) is 9.88 Å². The molecule has 1 aromatic heterocycles. The number of nitrogens with one attached hydrogen (secondary N) is 1. The number of hydrogen-bond acceptors (Lipinski definition) is 2. The van der Waals surface area contributed by atoms with Crippen molar-refractivity contribution in [2.45, 2.75) is 19.3 Å². The minimum atomic E-state index is 0.134. The van der Waals surface area contributed by atoms with Gasteiger partial charge >= 0.3 is 0 Å². The number of aryl methyl sites for hydroxylation is 1. The van der Waals surface area contributed by atoms with Crippen molar-refractivity contribution in [3.63, 3.8) is 0 Å². The van der Waals surface area contributed by atoms with E-state index in [0.29, 0.717) is 19.1 Å². The van der Waals surface area contributed by atoms with Crippen LogP contribution in [0.25, 0.3) is 10.9 Å². The van der Waals surface area contributed by atoms with E-state index in [2.05, 4.69) is 29.2 Å². The Hall–Kier alpha value is -1.81. The Kier molecular flexibility index (Phi) is 3.19. The molecule has 1 aliphatic heterocycles. The first-order valence-corrected chi connectivity index (χ1v) is 7.78. The largest absolute Gasteiger partial charge is 0.378 e. The minimum Gasteiger partial charge on any atom is -0.378 e. The van der Waals surface area contributed by atoms with Crippen molar-refractivity contribution in [2.24, 2.45) is 5.92 Å². The molecule has 1 aromatic carbocycles. The van der Waals surface area contributed by atoms with Crippen molar-refractivity contribution in [2.75, 3.05) is 26.3 Å². The molecule has 110 valence electrons. The summed E-state index contributed by atoms with van der Waals surface area (Å²) >= 11 is 0. The highest BCUT2D eigenvalue weighted by Gasteiger charge is 2.30. The molecule has 1 fully saturated rings. The molecule has 2 aliphatic rings. The lowest BCUT2D eigenvalue weighted by Crippen LogP contribution is -2.44. The van der Waals surface area contributed by atoms with Crippen molar-refractivity contribution >= 4 is 16.8 Å². The van der Waals surface area contributed by atoms with Crippen LogP contribution in [0.1, 0.15) is 17.7 Å². The van der Waals surface area contributed by atoms with Gasteiger partial charge in [-0.3, -0.25) is 4.79 Å². The lowest BCUT2D eigenvalue weighted by molar-refractivity contribution is -0.140. The number of ether oxygens (including phenoxy) is 1. The number of aromatic nitrogens is 1. The fraction of sp³-hybridized carbons (Fsp3) is 0.471. The lowest BCUT2D eigenvalue weighted by Gasteiger charge is -2.32. The number of benzene rings is 1. The van der Waals surface area contributed by atoms with Gasteiger partial charge in [0.25, 0.3) is 0 Å². The molecular weight excluding hydrogens is 264 g/mol. The maximum atomic E-state index is 12.7. The molecule has 21 heavy (non-hydrogen) atoms. The summed E-state index contributed by atoms with van der Waals surface area (Å²) in [4.78, 5) is 18.2. The summed E-state index contributed by atoms with van der Waals surface area (Å²) in [5.74, 6) is 0.448. The number of carbonyl (C=O) groups excluding carboxylic acids is 1. The second kappa shape index (κ2) is 5.19. The first-order chi connectivity index (χ1) is 10.3. The minimum absolute atomic E-state index is 0.134. The highest BCUT2D eigenvalue weighted by molar-refractivity contribution is 5.87. The summed E-state index contributed by atoms with van der Waals surface area (Å²) in [6.07, 6.45) is 2.80. The Bertz CT molecular complexity index is 670. The van der Waals surface area contributed by atoms with Gasteiger partial charge in [-0.25, -0.2) is 0 Å². The third kappa shape index (κ3) is 2.23. The zero-order valence-electron chi connectivity index (χ0n) is 12.1. The van der Waals surface area contributed by atoms with Crippen LogP contribution < -0.4 is 0 Å². The van der Waals surface area contributed by atoms with E-state index in [0.717, 1.165) is 32.4 Å². The molecule has 1 aliphatic carbocycles. The first kappa shape index (κ1) is 12.9. The first-order valence-electron chi connectivity index (χ1n) is 7.78. The zero-order chi connectivity index (χ0) is 14.2. The van der Waals surface area contributed by atoms with Gasteiger partial charge in [0.05, 0.1) is 13.2 Å². The fourth-order valence-electron chi connectivity index (χ4n) is 3.62. The summed E-state index contributed by atoms with van der Waals surface area (Å²) in [5.41, 5.74) is 3.87. The standard InChI is InChI=1S/C17H20N2O2/c20-17(19-7-9-21-10-8-19)12-5-6-16-14(11-12)13-3-1-2-4-15(13)18-16/h1-4,12,18H,5-11H2. The maximum absolute atomic E-state index is 12.7. The highest BCUT2D eigenvalue weighted by Crippen LogP contribution is 2.32. The number of hydrogen-bond donors (Lipinski definition) is 1. The topological polar surface area (TPSA) is 45.3 Å². The van der Waals surface area contributed by atoms with Crippen molar-refractivity contribution < 1.29 is 9.53 Å². The number of para-hydroxylation sites is 1. The summed E-state index contributed by atoms with van der Waals surface area (Å²) < 4.78 is 5.34. The normalized spacial score (nSPS) is 22.3. The zero-order valence-corrected chi connectivity index (χ0v) is 12.1. The molecule has 4 rings (SSSR count). The second-order valence-electron chi connectivity index (χ2n) is 6.01. The predicted molar refractivity (Wildman–Crippen MR) is 81.2 cm³/mol. The molecule has 0 spiro atoms. The van der Waals surface area contributed by atoms with Gasteiger partial charge in [0, 0.05) is 35.6 Å². The smallest absolute Gasteiger partial charge is 0.226 e. The number of amides is 1. The van der Waals surface area contributed by atoms with Gasteiger partial charge in [-0.1, -0.05) is 18.2 Å². The van der Waals surface area contributed by atoms with E-state index in [-0.39, 0.29) is 5.92 Å². The Labute approximate surface area is 124 Å². The van der Waals surface area contributed by atoms with E-state index in [1.54, 1.807) is 0 Å². The van der Waals surface area contributed by atoms with Gasteiger partial charge < -0.3 is 14.6 Å². The van der Waals surface area contributed by atoms with E-state index >= 15 is 0 Å². The second-order valence-corrected chi connectivity index (χ2v) is 6.01. The quantitative estimate of drug-likeness (QED) is 0.872. The Balaban J connectivity index is 1.59. The molecule has 1 unspecified atom stereocenters. The van der Waals surface area contributed by atoms with Gasteiger partial charge in [0.15, 0.2) is 0 Å². The Morgan fingerprint density at radius 3 is 2.90 bits per heavy atom. The van der Waals surface area contributed by atoms with Crippen LogP contribution in [0.2, 0.25) is 0 Å². The number of rotatable bonds is 1. The summed E-state index contributed by atoms with van der Waals surface area (Å²) in [6, 6.07) is 8.41. The van der Waals surface area contributed by atoms with Gasteiger partial charge in [-0.2, -0.15) is 0 Å². The van der Waals surface area contributed by atoms with Crippen LogP contribution in [0.4, 0.5) is 0 Å². The summed E-state index contributed by atoms with van der Waals surface area (Å²) in [7, 11) is 0. The van der Waals surface area contributed by atoms with Crippen molar-refractivity contribution in [3.8, 4) is 0 Å². The molecule has 0 radical (unpaired) electrons. The van der Waals surface area contributed by atoms with Crippen LogP contribution >= 0.6 is 0 Å². The highest BCUT2D eigenvalue weighted by atomic mass is 16.5. The average molecular weight is 284 g/mol. The van der Waals surface area contributed by atoms with Crippen LogP contribution in [-0.4, -0.2) is 42.1 Å². The molecule has 0 saturated carbocycles. The summed E-state index contributed by atoms with van der Waals surface area (Å²) in [5, 5.41) is 1.28. The molecule has 1 atom stereocenters. The van der Waals surface area contributed by atoms with Crippen LogP contribution in [0.3, 0.4) is 0 Å². The monoisotopic (exact) mass is 284 g/mol. The number of morpholine rings is 1. The van der Waals surface area contributed by atoms with Gasteiger partial charge in [0.1, 0.15) is 0 Å². The Morgan fingerprint density at radius 1 is 1.24 bits per heavy atom. The summed E-state index contributed by atoms with van der Waals surface area (Å²) in [6.45, 7) is 2.85. The molecule has 4 nitrogen and oxygen atoms in total. The fourth-order valence-corrected chi connectivity index (χ4v) is 3.62. The molecule has 2 aromatic rings. The van der Waals surface area contributed by atoms with Crippen LogP contribution in [0.15, 0.2) is 24.3 Å². The predicted octanol–water partition coefficient (Wildman–Crippen LogP) is 2.13. The van der Waals surface area contributed by atoms with E-state index in [1.165, 1.54) is 22.2 Å². The molecule has 1 amide bonds. The molecule has 0 bridgehead atoms. The third-order valence-corrected chi connectivity index (χ3v) is 4.77. The molecule has 2 heterocycles. The Morgan fingerprint density at radius 2 is 2.05 bits per heavy atom. The third-order valence-electron chi connectivity index (χ3n) is 4.77. The molecular formula is C17H20N2O2. The molecule has 1 N–H and O–H groups in total. The maximum Gasteiger partial charge on any atom is 0.226 e. The van der Waals surface area contributed by atoms with E-state index in [9.17, 15) is 4.79 Å².